The second kappa shape index (κ2) is 4.89. The van der Waals surface area contributed by atoms with E-state index in [0.29, 0.717) is 0 Å². The van der Waals surface area contributed by atoms with E-state index < -0.39 is 0 Å². The van der Waals surface area contributed by atoms with Crippen LogP contribution in [0.5, 0.6) is 0 Å². The first-order valence-corrected chi connectivity index (χ1v) is 6.33. The maximum atomic E-state index is 9.61. The van der Waals surface area contributed by atoms with Crippen molar-refractivity contribution in [2.24, 2.45) is 0 Å². The fraction of sp³-hybridized carbons (Fsp3) is 0.533. The zero-order chi connectivity index (χ0) is 12.3. The van der Waals surface area contributed by atoms with Gasteiger partial charge in [0.05, 0.1) is 11.5 Å². The Morgan fingerprint density at radius 1 is 1.18 bits per heavy atom. The van der Waals surface area contributed by atoms with E-state index >= 15 is 0 Å². The number of likely N-dealkylation sites (tertiary alicyclic amines) is 1. The van der Waals surface area contributed by atoms with Crippen molar-refractivity contribution in [3.8, 4) is 6.07 Å². The summed E-state index contributed by atoms with van der Waals surface area (Å²) in [5, 5.41) is 9.61. The number of hydrogen-bond acceptors (Lipinski definition) is 2. The minimum absolute atomic E-state index is 0.265. The fourth-order valence-electron chi connectivity index (χ4n) is 2.61. The van der Waals surface area contributed by atoms with E-state index in [1.807, 2.05) is 0 Å². The van der Waals surface area contributed by atoms with Gasteiger partial charge in [0, 0.05) is 0 Å². The molecule has 0 aliphatic carbocycles. The molecule has 1 fully saturated rings. The second-order valence-corrected chi connectivity index (χ2v) is 5.22. The summed E-state index contributed by atoms with van der Waals surface area (Å²) in [4.78, 5) is 2.33. The molecule has 2 heteroatoms. The zero-order valence-electron chi connectivity index (χ0n) is 10.7. The molecule has 0 aromatic heterocycles. The number of hydrogen-bond donors (Lipinski definition) is 0. The van der Waals surface area contributed by atoms with Crippen molar-refractivity contribution in [2.75, 3.05) is 20.1 Å². The predicted molar refractivity (Wildman–Crippen MR) is 69.8 cm³/mol. The number of benzene rings is 1. The molecule has 1 aromatic rings. The van der Waals surface area contributed by atoms with Crippen LogP contribution in [0.2, 0.25) is 0 Å². The highest BCUT2D eigenvalue weighted by Gasteiger charge is 2.33. The van der Waals surface area contributed by atoms with Crippen molar-refractivity contribution in [3.05, 3.63) is 35.4 Å². The van der Waals surface area contributed by atoms with Crippen molar-refractivity contribution in [2.45, 2.75) is 31.6 Å². The molecule has 1 unspecified atom stereocenters. The van der Waals surface area contributed by atoms with Gasteiger partial charge in [-0.2, -0.15) is 5.26 Å². The molecule has 0 bridgehead atoms. The Labute approximate surface area is 104 Å². The summed E-state index contributed by atoms with van der Waals surface area (Å²) >= 11 is 0. The monoisotopic (exact) mass is 228 g/mol. The maximum Gasteiger partial charge on any atom is 0.0835 e. The molecule has 2 nitrogen and oxygen atoms in total. The van der Waals surface area contributed by atoms with Crippen LogP contribution in [0.15, 0.2) is 24.3 Å². The molecule has 1 heterocycles. The van der Waals surface area contributed by atoms with Gasteiger partial charge in [0.1, 0.15) is 0 Å². The van der Waals surface area contributed by atoms with Crippen LogP contribution in [0.25, 0.3) is 0 Å². The standard InChI is InChI=1S/C15H20N2/c1-13-4-6-14(7-5-13)15(12-16)8-3-10-17(2)11-9-15/h4-7H,3,8-11H2,1-2H3. The number of rotatable bonds is 1. The Morgan fingerprint density at radius 3 is 2.53 bits per heavy atom. The molecule has 2 rings (SSSR count). The third-order valence-electron chi connectivity index (χ3n) is 3.88. The molecular weight excluding hydrogens is 208 g/mol. The normalized spacial score (nSPS) is 26.2. The lowest BCUT2D eigenvalue weighted by Gasteiger charge is -2.25. The van der Waals surface area contributed by atoms with Gasteiger partial charge in [-0.25, -0.2) is 0 Å². The Kier molecular flexibility index (Phi) is 3.49. The van der Waals surface area contributed by atoms with Crippen LogP contribution in [0.3, 0.4) is 0 Å². The average molecular weight is 228 g/mol. The molecule has 0 N–H and O–H groups in total. The summed E-state index contributed by atoms with van der Waals surface area (Å²) in [6.45, 7) is 4.21. The molecule has 1 atom stereocenters. The zero-order valence-corrected chi connectivity index (χ0v) is 10.7. The average Bonchev–Trinajstić information content (AvgIpc) is 2.53. The van der Waals surface area contributed by atoms with Gasteiger partial charge < -0.3 is 4.90 Å². The molecule has 1 saturated heterocycles. The fourth-order valence-corrected chi connectivity index (χ4v) is 2.61. The first kappa shape index (κ1) is 12.1. The van der Waals surface area contributed by atoms with Crippen LogP contribution in [0, 0.1) is 18.3 Å². The van der Waals surface area contributed by atoms with E-state index in [2.05, 4.69) is 49.2 Å². The molecule has 1 aliphatic rings. The first-order valence-electron chi connectivity index (χ1n) is 6.33. The summed E-state index contributed by atoms with van der Waals surface area (Å²) in [6.07, 6.45) is 3.04. The molecular formula is C15H20N2. The molecule has 17 heavy (non-hydrogen) atoms. The van der Waals surface area contributed by atoms with E-state index in [4.69, 9.17) is 0 Å². The minimum Gasteiger partial charge on any atom is -0.306 e. The highest BCUT2D eigenvalue weighted by molar-refractivity contribution is 5.34. The summed E-state index contributed by atoms with van der Waals surface area (Å²) in [7, 11) is 2.14. The number of nitrogens with zero attached hydrogens (tertiary/aromatic N) is 2. The lowest BCUT2D eigenvalue weighted by Crippen LogP contribution is -2.26. The van der Waals surface area contributed by atoms with Gasteiger partial charge in [0.15, 0.2) is 0 Å². The largest absolute Gasteiger partial charge is 0.306 e. The van der Waals surface area contributed by atoms with Crippen molar-refractivity contribution >= 4 is 0 Å². The third kappa shape index (κ3) is 2.50. The van der Waals surface area contributed by atoms with E-state index in [1.165, 1.54) is 11.1 Å². The highest BCUT2D eigenvalue weighted by atomic mass is 15.1. The van der Waals surface area contributed by atoms with Gasteiger partial charge in [-0.05, 0) is 51.9 Å². The van der Waals surface area contributed by atoms with E-state index in [9.17, 15) is 5.26 Å². The molecule has 0 saturated carbocycles. The molecule has 0 radical (unpaired) electrons. The van der Waals surface area contributed by atoms with Crippen LogP contribution >= 0.6 is 0 Å². The van der Waals surface area contributed by atoms with Gasteiger partial charge in [0.25, 0.3) is 0 Å². The van der Waals surface area contributed by atoms with Crippen molar-refractivity contribution in [3.63, 3.8) is 0 Å². The third-order valence-corrected chi connectivity index (χ3v) is 3.88. The SMILES string of the molecule is Cc1ccc(C2(C#N)CCCN(C)CC2)cc1. The van der Waals surface area contributed by atoms with Crippen molar-refractivity contribution in [1.29, 1.82) is 5.26 Å². The lowest BCUT2D eigenvalue weighted by atomic mass is 9.76. The second-order valence-electron chi connectivity index (χ2n) is 5.22. The van der Waals surface area contributed by atoms with Crippen LogP contribution in [0.1, 0.15) is 30.4 Å². The van der Waals surface area contributed by atoms with E-state index in [1.54, 1.807) is 0 Å². The highest BCUT2D eigenvalue weighted by Crippen LogP contribution is 2.34. The molecule has 0 spiro atoms. The smallest absolute Gasteiger partial charge is 0.0835 e. The summed E-state index contributed by atoms with van der Waals surface area (Å²) in [6, 6.07) is 11.1. The van der Waals surface area contributed by atoms with Gasteiger partial charge in [-0.15, -0.1) is 0 Å². The Hall–Kier alpha value is -1.33. The first-order chi connectivity index (χ1) is 8.16. The maximum absolute atomic E-state index is 9.61. The topological polar surface area (TPSA) is 27.0 Å². The van der Waals surface area contributed by atoms with Crippen molar-refractivity contribution < 1.29 is 0 Å². The quantitative estimate of drug-likeness (QED) is 0.739. The molecule has 0 amide bonds. The van der Waals surface area contributed by atoms with Crippen LogP contribution < -0.4 is 0 Å². The number of aryl methyl sites for hydroxylation is 1. The van der Waals surface area contributed by atoms with Gasteiger partial charge in [-0.3, -0.25) is 0 Å². The van der Waals surface area contributed by atoms with E-state index in [0.717, 1.165) is 32.4 Å². The van der Waals surface area contributed by atoms with Gasteiger partial charge in [-0.1, -0.05) is 29.8 Å². The minimum atomic E-state index is -0.265. The van der Waals surface area contributed by atoms with Crippen LogP contribution in [0.4, 0.5) is 0 Å². The summed E-state index contributed by atoms with van der Waals surface area (Å²) < 4.78 is 0. The Bertz CT molecular complexity index is 416. The summed E-state index contributed by atoms with van der Waals surface area (Å²) in [5.74, 6) is 0. The molecule has 1 aromatic carbocycles. The number of nitriles is 1. The van der Waals surface area contributed by atoms with E-state index in [-0.39, 0.29) is 5.41 Å². The Balaban J connectivity index is 2.30. The van der Waals surface area contributed by atoms with Crippen LogP contribution in [-0.4, -0.2) is 25.0 Å². The molecule has 90 valence electrons. The summed E-state index contributed by atoms with van der Waals surface area (Å²) in [5.41, 5.74) is 2.19. The van der Waals surface area contributed by atoms with Gasteiger partial charge in [0.2, 0.25) is 0 Å². The Morgan fingerprint density at radius 2 is 1.88 bits per heavy atom. The molecule has 1 aliphatic heterocycles. The van der Waals surface area contributed by atoms with Gasteiger partial charge >= 0.3 is 0 Å². The van der Waals surface area contributed by atoms with Crippen molar-refractivity contribution in [1.82, 2.24) is 4.90 Å². The predicted octanol–water partition coefficient (Wildman–Crippen LogP) is 2.87. The van der Waals surface area contributed by atoms with Crippen LogP contribution in [-0.2, 0) is 5.41 Å². The lowest BCUT2D eigenvalue weighted by molar-refractivity contribution is 0.342.